The van der Waals surface area contributed by atoms with Gasteiger partial charge in [-0.1, -0.05) is 20.8 Å². The van der Waals surface area contributed by atoms with E-state index >= 15 is 0 Å². The first-order chi connectivity index (χ1) is 5.42. The average molecular weight is 317 g/mol. The Morgan fingerprint density at radius 1 is 1.46 bits per heavy atom. The smallest absolute Gasteiger partial charge is 0.309 e. The molecule has 1 N–H and O–H groups in total. The Kier molecular flexibility index (Phi) is 8.95. The van der Waals surface area contributed by atoms with Crippen LogP contribution in [0.15, 0.2) is 0 Å². The monoisotopic (exact) mass is 314 g/mol. The molecule has 0 saturated heterocycles. The summed E-state index contributed by atoms with van der Waals surface area (Å²) in [6.45, 7) is 8.02. The molecule has 1 unspecified atom stereocenters. The van der Waals surface area contributed by atoms with Crippen LogP contribution in [0.1, 0.15) is 47.0 Å². The molecule has 0 amide bonds. The van der Waals surface area contributed by atoms with Crippen molar-refractivity contribution in [2.24, 2.45) is 11.3 Å². The summed E-state index contributed by atoms with van der Waals surface area (Å²) in [5.74, 6) is -0.0686. The molecule has 13 heavy (non-hydrogen) atoms. The third-order valence-electron chi connectivity index (χ3n) is 2.57. The van der Waals surface area contributed by atoms with E-state index in [2.05, 4.69) is 13.8 Å². The van der Waals surface area contributed by atoms with Crippen molar-refractivity contribution in [3.8, 4) is 0 Å². The molecule has 0 aliphatic carbocycles. The number of hydrogen-bond acceptors (Lipinski definition) is 1. The minimum absolute atomic E-state index is 0. The van der Waals surface area contributed by atoms with Crippen molar-refractivity contribution < 1.29 is 50.7 Å². The minimum Gasteiger partial charge on any atom is -0.481 e. The maximum atomic E-state index is 10.9. The van der Waals surface area contributed by atoms with Gasteiger partial charge in [-0.3, -0.25) is 4.79 Å². The van der Waals surface area contributed by atoms with Crippen molar-refractivity contribution in [3.05, 3.63) is 0 Å². The molecule has 0 aromatic rings. The summed E-state index contributed by atoms with van der Waals surface area (Å²) in [6, 6.07) is 0. The van der Waals surface area contributed by atoms with Crippen molar-refractivity contribution in [2.75, 3.05) is 0 Å². The van der Waals surface area contributed by atoms with Gasteiger partial charge in [-0.05, 0) is 32.1 Å². The zero-order valence-corrected chi connectivity index (χ0v) is 12.3. The molecule has 0 fully saturated rings. The number of carbonyl (C=O) groups is 1. The van der Waals surface area contributed by atoms with Crippen LogP contribution >= 0.6 is 0 Å². The molecule has 2 nitrogen and oxygen atoms in total. The van der Waals surface area contributed by atoms with E-state index in [0.29, 0.717) is 5.92 Å². The quantitative estimate of drug-likeness (QED) is 0.847. The molecule has 3 heteroatoms. The second-order valence-electron chi connectivity index (χ2n) is 4.15. The Hall–Kier alpha value is 0.821. The van der Waals surface area contributed by atoms with Gasteiger partial charge in [0.25, 0.3) is 0 Å². The summed E-state index contributed by atoms with van der Waals surface area (Å²) in [4.78, 5) is 10.9. The molecule has 0 bridgehead atoms. The normalized spacial score (nSPS) is 14.8. The van der Waals surface area contributed by atoms with E-state index in [1.54, 1.807) is 0 Å². The molecule has 76 valence electrons. The van der Waals surface area contributed by atoms with E-state index in [-0.39, 0.29) is 40.8 Å². The van der Waals surface area contributed by atoms with E-state index in [0.717, 1.165) is 19.3 Å². The van der Waals surface area contributed by atoms with Crippen LogP contribution in [0.5, 0.6) is 0 Å². The topological polar surface area (TPSA) is 37.3 Å². The average Bonchev–Trinajstić information content (AvgIpc) is 1.99. The molecular weight excluding hydrogens is 296 g/mol. The van der Waals surface area contributed by atoms with Crippen molar-refractivity contribution in [2.45, 2.75) is 47.0 Å². The van der Waals surface area contributed by atoms with Crippen LogP contribution in [0, 0.1) is 52.2 Å². The molecule has 0 radical (unpaired) electrons. The maximum absolute atomic E-state index is 10.9. The largest absolute Gasteiger partial charge is 0.481 e. The van der Waals surface area contributed by atoms with Crippen LogP contribution in [0.25, 0.3) is 0 Å². The number of rotatable bonds is 5. The third-order valence-corrected chi connectivity index (χ3v) is 2.57. The summed E-state index contributed by atoms with van der Waals surface area (Å²) in [6.07, 6.45) is 2.50. The van der Waals surface area contributed by atoms with E-state index < -0.39 is 11.4 Å². The molecule has 0 heterocycles. The van der Waals surface area contributed by atoms with E-state index in [1.807, 2.05) is 13.8 Å². The molecule has 1 atom stereocenters. The molecule has 0 aromatic heterocycles. The van der Waals surface area contributed by atoms with Gasteiger partial charge in [0.05, 0.1) is 5.41 Å². The van der Waals surface area contributed by atoms with Crippen molar-refractivity contribution in [1.82, 2.24) is 0 Å². The molecule has 0 aliphatic heterocycles. The Bertz CT molecular complexity index is 157. The van der Waals surface area contributed by atoms with E-state index in [1.165, 1.54) is 0 Å². The standard InChI is InChI=1S/C10H20O2.Nd/c1-5-10(4,9(11)12)7-6-8(2)3;/h8H,5-7H2,1-4H3,(H,11,12);. The summed E-state index contributed by atoms with van der Waals surface area (Å²) in [7, 11) is 0. The van der Waals surface area contributed by atoms with Crippen LogP contribution < -0.4 is 0 Å². The second kappa shape index (κ2) is 7.16. The Morgan fingerprint density at radius 3 is 2.15 bits per heavy atom. The van der Waals surface area contributed by atoms with Crippen LogP contribution in [0.2, 0.25) is 0 Å². The van der Waals surface area contributed by atoms with Gasteiger partial charge in [-0.25, -0.2) is 0 Å². The zero-order valence-electron chi connectivity index (χ0n) is 9.05. The molecule has 0 spiro atoms. The first kappa shape index (κ1) is 16.3. The van der Waals surface area contributed by atoms with Crippen LogP contribution in [-0.2, 0) is 4.79 Å². The maximum Gasteiger partial charge on any atom is 0.309 e. The second-order valence-corrected chi connectivity index (χ2v) is 4.15. The van der Waals surface area contributed by atoms with Crippen LogP contribution in [0.4, 0.5) is 0 Å². The molecule has 0 rings (SSSR count). The van der Waals surface area contributed by atoms with E-state index in [4.69, 9.17) is 5.11 Å². The SMILES string of the molecule is CCC(C)(CCC(C)C)C(=O)O.[Nd]. The van der Waals surface area contributed by atoms with Crippen LogP contribution in [0.3, 0.4) is 0 Å². The number of aliphatic carboxylic acids is 1. The first-order valence-corrected chi connectivity index (χ1v) is 4.65. The predicted molar refractivity (Wildman–Crippen MR) is 50.1 cm³/mol. The fraction of sp³-hybridized carbons (Fsp3) is 0.900. The van der Waals surface area contributed by atoms with Crippen molar-refractivity contribution in [1.29, 1.82) is 0 Å². The number of carboxylic acid groups (broad SMARTS) is 1. The fourth-order valence-electron chi connectivity index (χ4n) is 1.04. The third kappa shape index (κ3) is 6.00. The van der Waals surface area contributed by atoms with Gasteiger partial charge in [-0.15, -0.1) is 0 Å². The summed E-state index contributed by atoms with van der Waals surface area (Å²) < 4.78 is 0. The van der Waals surface area contributed by atoms with Crippen LogP contribution in [-0.4, -0.2) is 11.1 Å². The zero-order chi connectivity index (χ0) is 9.78. The number of hydrogen-bond donors (Lipinski definition) is 1. The molecule has 0 aromatic carbocycles. The van der Waals surface area contributed by atoms with Crippen molar-refractivity contribution in [3.63, 3.8) is 0 Å². The van der Waals surface area contributed by atoms with Crippen molar-refractivity contribution >= 4 is 5.97 Å². The van der Waals surface area contributed by atoms with Gasteiger partial charge in [0.15, 0.2) is 0 Å². The van der Waals surface area contributed by atoms with Gasteiger partial charge >= 0.3 is 5.97 Å². The van der Waals surface area contributed by atoms with E-state index in [9.17, 15) is 4.79 Å². The van der Waals surface area contributed by atoms with Gasteiger partial charge in [-0.2, -0.15) is 0 Å². The molecular formula is C10H20NdO2. The van der Waals surface area contributed by atoms with Gasteiger partial charge in [0, 0.05) is 40.8 Å². The minimum atomic E-state index is -0.661. The van der Waals surface area contributed by atoms with Gasteiger partial charge < -0.3 is 5.11 Å². The Morgan fingerprint density at radius 2 is 1.92 bits per heavy atom. The fourth-order valence-corrected chi connectivity index (χ4v) is 1.04. The summed E-state index contributed by atoms with van der Waals surface area (Å²) in [5, 5.41) is 8.95. The Balaban J connectivity index is 0. The molecule has 0 aliphatic rings. The Labute approximate surface area is 114 Å². The first-order valence-electron chi connectivity index (χ1n) is 4.65. The summed E-state index contributed by atoms with van der Waals surface area (Å²) >= 11 is 0. The predicted octanol–water partition coefficient (Wildman–Crippen LogP) is 2.92. The van der Waals surface area contributed by atoms with Gasteiger partial charge in [0.2, 0.25) is 0 Å². The molecule has 0 saturated carbocycles. The summed E-state index contributed by atoms with van der Waals surface area (Å²) in [5.41, 5.74) is -0.510. The van der Waals surface area contributed by atoms with Gasteiger partial charge in [0.1, 0.15) is 0 Å². The number of carboxylic acids is 1.